The summed E-state index contributed by atoms with van der Waals surface area (Å²) in [4.78, 5) is 35.8. The van der Waals surface area contributed by atoms with Crippen molar-refractivity contribution in [1.29, 1.82) is 0 Å². The second-order valence-corrected chi connectivity index (χ2v) is 11.3. The molecule has 2 aromatic carbocycles. The van der Waals surface area contributed by atoms with Crippen LogP contribution < -0.4 is 5.32 Å². The van der Waals surface area contributed by atoms with Gasteiger partial charge in [0.1, 0.15) is 0 Å². The van der Waals surface area contributed by atoms with Crippen molar-refractivity contribution in [3.8, 4) is 0 Å². The number of piperidine rings is 1. The van der Waals surface area contributed by atoms with Gasteiger partial charge in [-0.15, -0.1) is 0 Å². The molecule has 3 aromatic rings. The Morgan fingerprint density at radius 2 is 1.82 bits per heavy atom. The highest BCUT2D eigenvalue weighted by Crippen LogP contribution is 2.31. The topological polar surface area (TPSA) is 85.8 Å². The lowest BCUT2D eigenvalue weighted by Crippen LogP contribution is -2.41. The number of fused-ring (bicyclic) bond motifs is 2. The summed E-state index contributed by atoms with van der Waals surface area (Å²) in [6.45, 7) is 3.08. The normalized spacial score (nSPS) is 16.3. The van der Waals surface area contributed by atoms with Crippen LogP contribution in [0.3, 0.4) is 0 Å². The van der Waals surface area contributed by atoms with Crippen LogP contribution in [0, 0.1) is 5.92 Å². The Labute approximate surface area is 239 Å². The van der Waals surface area contributed by atoms with Crippen LogP contribution in [0.1, 0.15) is 53.7 Å². The first-order chi connectivity index (χ1) is 18.9. The molecule has 2 amide bonds. The first-order valence-corrected chi connectivity index (χ1v) is 14.5. The van der Waals surface area contributed by atoms with Gasteiger partial charge in [0.25, 0.3) is 5.91 Å². The van der Waals surface area contributed by atoms with E-state index in [-0.39, 0.29) is 25.0 Å². The summed E-state index contributed by atoms with van der Waals surface area (Å²) in [6.07, 6.45) is 5.64. The van der Waals surface area contributed by atoms with E-state index in [0.717, 1.165) is 72.9 Å². The molecular weight excluding hydrogens is 535 g/mol. The van der Waals surface area contributed by atoms with Crippen molar-refractivity contribution in [3.63, 3.8) is 0 Å². The lowest BCUT2D eigenvalue weighted by Gasteiger charge is -2.34. The molecule has 2 aliphatic rings. The molecule has 7 nitrogen and oxygen atoms in total. The number of rotatable bonds is 8. The third-order valence-electron chi connectivity index (χ3n) is 7.83. The molecule has 2 N–H and O–H groups in total. The molecule has 0 bridgehead atoms. The highest BCUT2D eigenvalue weighted by atomic mass is 35.5. The molecule has 2 aliphatic heterocycles. The van der Waals surface area contributed by atoms with E-state index < -0.39 is 0 Å². The lowest BCUT2D eigenvalue weighted by molar-refractivity contribution is -0.117. The Hall–Kier alpha value is -2.71. The SMILES string of the molecule is O=C(CN1CCc2nc3ccccc3c(C(=O)N3CCC(CCCCO)CC3)c2C1)Nc1ccc(Cl)c(Cl)c1. The molecule has 39 heavy (non-hydrogen) atoms. The molecule has 5 rings (SSSR count). The molecule has 1 saturated heterocycles. The first kappa shape index (κ1) is 27.8. The summed E-state index contributed by atoms with van der Waals surface area (Å²) in [5.41, 5.74) is 4.03. The molecule has 0 saturated carbocycles. The molecule has 0 aliphatic carbocycles. The van der Waals surface area contributed by atoms with E-state index in [1.54, 1.807) is 18.2 Å². The summed E-state index contributed by atoms with van der Waals surface area (Å²) in [6, 6.07) is 12.9. The zero-order chi connectivity index (χ0) is 27.4. The van der Waals surface area contributed by atoms with Gasteiger partial charge in [0.15, 0.2) is 0 Å². The number of nitrogens with one attached hydrogen (secondary N) is 1. The number of amides is 2. The number of para-hydroxylation sites is 1. The summed E-state index contributed by atoms with van der Waals surface area (Å²) >= 11 is 12.1. The van der Waals surface area contributed by atoms with Crippen molar-refractivity contribution in [2.45, 2.75) is 45.1 Å². The van der Waals surface area contributed by atoms with Gasteiger partial charge in [0, 0.05) is 61.5 Å². The number of aliphatic hydroxyl groups excluding tert-OH is 1. The van der Waals surface area contributed by atoms with Gasteiger partial charge in [-0.05, 0) is 49.4 Å². The van der Waals surface area contributed by atoms with Crippen molar-refractivity contribution in [2.24, 2.45) is 5.92 Å². The fourth-order valence-electron chi connectivity index (χ4n) is 5.73. The largest absolute Gasteiger partial charge is 0.396 e. The molecule has 0 atom stereocenters. The van der Waals surface area contributed by atoms with Gasteiger partial charge in [0.05, 0.1) is 27.7 Å². The van der Waals surface area contributed by atoms with Gasteiger partial charge in [-0.1, -0.05) is 54.2 Å². The predicted molar refractivity (Wildman–Crippen MR) is 155 cm³/mol. The monoisotopic (exact) mass is 568 g/mol. The number of benzene rings is 2. The van der Waals surface area contributed by atoms with Crippen LogP contribution in [0.4, 0.5) is 5.69 Å². The van der Waals surface area contributed by atoms with Crippen LogP contribution in [0.25, 0.3) is 10.9 Å². The predicted octanol–water partition coefficient (Wildman–Crippen LogP) is 5.55. The molecule has 3 heterocycles. The summed E-state index contributed by atoms with van der Waals surface area (Å²) in [7, 11) is 0. The van der Waals surface area contributed by atoms with Gasteiger partial charge >= 0.3 is 0 Å². The van der Waals surface area contributed by atoms with Crippen LogP contribution >= 0.6 is 23.2 Å². The van der Waals surface area contributed by atoms with Crippen molar-refractivity contribution < 1.29 is 14.7 Å². The quantitative estimate of drug-likeness (QED) is 0.348. The minimum absolute atomic E-state index is 0.0563. The third kappa shape index (κ3) is 6.55. The maximum atomic E-state index is 14.0. The fraction of sp³-hybridized carbons (Fsp3) is 0.433. The van der Waals surface area contributed by atoms with Crippen LogP contribution in [0.15, 0.2) is 42.5 Å². The minimum Gasteiger partial charge on any atom is -0.396 e. The highest BCUT2D eigenvalue weighted by Gasteiger charge is 2.30. The number of hydrogen-bond donors (Lipinski definition) is 2. The van der Waals surface area contributed by atoms with Crippen molar-refractivity contribution in [3.05, 3.63) is 69.3 Å². The third-order valence-corrected chi connectivity index (χ3v) is 8.57. The minimum atomic E-state index is -0.151. The second-order valence-electron chi connectivity index (χ2n) is 10.5. The number of carbonyl (C=O) groups is 2. The van der Waals surface area contributed by atoms with Crippen molar-refractivity contribution >= 4 is 51.6 Å². The van der Waals surface area contributed by atoms with Crippen LogP contribution in [-0.4, -0.2) is 64.5 Å². The number of likely N-dealkylation sites (tertiary alicyclic amines) is 1. The van der Waals surface area contributed by atoms with Gasteiger partial charge < -0.3 is 15.3 Å². The van der Waals surface area contributed by atoms with E-state index in [1.807, 2.05) is 29.2 Å². The van der Waals surface area contributed by atoms with Crippen molar-refractivity contribution in [2.75, 3.05) is 38.1 Å². The van der Waals surface area contributed by atoms with E-state index in [4.69, 9.17) is 33.3 Å². The molecule has 1 aromatic heterocycles. The van der Waals surface area contributed by atoms with E-state index in [9.17, 15) is 9.59 Å². The van der Waals surface area contributed by atoms with Gasteiger partial charge in [-0.3, -0.25) is 19.5 Å². The smallest absolute Gasteiger partial charge is 0.254 e. The van der Waals surface area contributed by atoms with Gasteiger partial charge in [-0.2, -0.15) is 0 Å². The Morgan fingerprint density at radius 3 is 2.59 bits per heavy atom. The zero-order valence-corrected chi connectivity index (χ0v) is 23.5. The van der Waals surface area contributed by atoms with E-state index in [1.165, 1.54) is 0 Å². The molecule has 0 unspecified atom stereocenters. The number of unbranched alkanes of at least 4 members (excludes halogenated alkanes) is 1. The Bertz CT molecular complexity index is 1360. The summed E-state index contributed by atoms with van der Waals surface area (Å²) < 4.78 is 0. The Kier molecular flexibility index (Phi) is 9.03. The van der Waals surface area contributed by atoms with Crippen LogP contribution in [0.5, 0.6) is 0 Å². The van der Waals surface area contributed by atoms with Gasteiger partial charge in [0.2, 0.25) is 5.91 Å². The molecule has 0 radical (unpaired) electrons. The number of anilines is 1. The molecule has 1 fully saturated rings. The highest BCUT2D eigenvalue weighted by molar-refractivity contribution is 6.42. The summed E-state index contributed by atoms with van der Waals surface area (Å²) in [5.74, 6) is 0.510. The average molecular weight is 570 g/mol. The number of aromatic nitrogens is 1. The van der Waals surface area contributed by atoms with Crippen molar-refractivity contribution in [1.82, 2.24) is 14.8 Å². The van der Waals surface area contributed by atoms with E-state index >= 15 is 0 Å². The number of carbonyl (C=O) groups excluding carboxylic acids is 2. The fourth-order valence-corrected chi connectivity index (χ4v) is 6.03. The zero-order valence-electron chi connectivity index (χ0n) is 22.0. The maximum Gasteiger partial charge on any atom is 0.254 e. The Morgan fingerprint density at radius 1 is 1.03 bits per heavy atom. The maximum absolute atomic E-state index is 14.0. The van der Waals surface area contributed by atoms with Crippen LogP contribution in [0.2, 0.25) is 10.0 Å². The first-order valence-electron chi connectivity index (χ1n) is 13.7. The Balaban J connectivity index is 1.33. The number of pyridine rings is 1. The van der Waals surface area contributed by atoms with E-state index in [0.29, 0.717) is 41.2 Å². The molecule has 206 valence electrons. The van der Waals surface area contributed by atoms with E-state index in [2.05, 4.69) is 10.2 Å². The number of aliphatic hydroxyl groups is 1. The molecular formula is C30H34Cl2N4O3. The molecule has 0 spiro atoms. The van der Waals surface area contributed by atoms with Crippen LogP contribution in [-0.2, 0) is 17.8 Å². The average Bonchev–Trinajstić information content (AvgIpc) is 2.94. The number of nitrogens with zero attached hydrogens (tertiary/aromatic N) is 3. The summed E-state index contributed by atoms with van der Waals surface area (Å²) in [5, 5.41) is 13.7. The standard InChI is InChI=1S/C30H34Cl2N4O3/c31-24-9-8-21(17-25(24)32)33-28(38)19-35-13-12-27-23(18-35)29(22-6-1-2-7-26(22)34-27)30(39)36-14-10-20(11-15-36)5-3-4-16-37/h1-2,6-9,17,20,37H,3-5,10-16,18-19H2,(H,33,38). The number of hydrogen-bond acceptors (Lipinski definition) is 5. The molecule has 9 heteroatoms. The van der Waals surface area contributed by atoms with Gasteiger partial charge in [-0.25, -0.2) is 0 Å². The number of halogens is 2. The second kappa shape index (κ2) is 12.6. The lowest BCUT2D eigenvalue weighted by atomic mass is 9.90.